The average molecular weight is 436 g/mol. The lowest BCUT2D eigenvalue weighted by Gasteiger charge is -2.16. The normalized spacial score (nSPS) is 18.8. The monoisotopic (exact) mass is 435 g/mol. The van der Waals surface area contributed by atoms with Gasteiger partial charge in [-0.3, -0.25) is 14.5 Å². The summed E-state index contributed by atoms with van der Waals surface area (Å²) in [6.07, 6.45) is -3.06. The Balaban J connectivity index is 2.32. The van der Waals surface area contributed by atoms with E-state index in [4.69, 9.17) is 11.6 Å². The molecule has 154 valence electrons. The summed E-state index contributed by atoms with van der Waals surface area (Å²) in [5, 5.41) is 1.88. The van der Waals surface area contributed by atoms with Crippen LogP contribution in [-0.2, 0) is 15.8 Å². The molecule has 10 heteroatoms. The number of alkyl halides is 3. The molecule has 1 fully saturated rings. The van der Waals surface area contributed by atoms with E-state index in [1.165, 1.54) is 11.0 Å². The lowest BCUT2D eigenvalue weighted by atomic mass is 10.2. The fraction of sp³-hybridized carbons (Fsp3) is 0.500. The third kappa shape index (κ3) is 5.64. The fourth-order valence-electron chi connectivity index (χ4n) is 2.60. The fourth-order valence-corrected chi connectivity index (χ4v) is 4.00. The zero-order valence-corrected chi connectivity index (χ0v) is 17.0. The first-order valence-corrected chi connectivity index (χ1v) is 10.1. The molecule has 1 aromatic carbocycles. The molecule has 1 aliphatic rings. The van der Waals surface area contributed by atoms with Crippen LogP contribution in [0.5, 0.6) is 0 Å². The van der Waals surface area contributed by atoms with Crippen LogP contribution in [0.1, 0.15) is 38.7 Å². The van der Waals surface area contributed by atoms with E-state index in [1.54, 1.807) is 6.92 Å². The summed E-state index contributed by atoms with van der Waals surface area (Å²) in [4.78, 5) is 30.2. The molecule has 0 unspecified atom stereocenters. The van der Waals surface area contributed by atoms with Crippen LogP contribution in [0.15, 0.2) is 23.2 Å². The Kier molecular flexibility index (Phi) is 7.77. The molecule has 0 aromatic heterocycles. The van der Waals surface area contributed by atoms with Gasteiger partial charge in [-0.1, -0.05) is 36.7 Å². The second-order valence-electron chi connectivity index (χ2n) is 6.16. The van der Waals surface area contributed by atoms with Crippen molar-refractivity contribution >= 4 is 46.0 Å². The molecular weight excluding hydrogens is 415 g/mol. The van der Waals surface area contributed by atoms with E-state index in [9.17, 15) is 22.8 Å². The van der Waals surface area contributed by atoms with Crippen LogP contribution in [0.2, 0.25) is 5.02 Å². The average Bonchev–Trinajstić information content (AvgIpc) is 2.89. The van der Waals surface area contributed by atoms with E-state index in [1.807, 2.05) is 6.92 Å². The van der Waals surface area contributed by atoms with Crippen molar-refractivity contribution in [1.82, 2.24) is 10.2 Å². The number of unbranched alkanes of at least 4 members (excludes halogenated alkanes) is 1. The zero-order chi connectivity index (χ0) is 20.9. The van der Waals surface area contributed by atoms with Crippen LogP contribution < -0.4 is 5.32 Å². The first-order valence-electron chi connectivity index (χ1n) is 8.87. The van der Waals surface area contributed by atoms with Crippen LogP contribution in [0.25, 0.3) is 0 Å². The highest BCUT2D eigenvalue weighted by Crippen LogP contribution is 2.38. The quantitative estimate of drug-likeness (QED) is 0.680. The molecule has 0 saturated carbocycles. The second-order valence-corrected chi connectivity index (χ2v) is 7.74. The van der Waals surface area contributed by atoms with Crippen molar-refractivity contribution in [1.29, 1.82) is 0 Å². The number of rotatable bonds is 7. The van der Waals surface area contributed by atoms with E-state index >= 15 is 0 Å². The molecule has 0 radical (unpaired) electrons. The summed E-state index contributed by atoms with van der Waals surface area (Å²) >= 11 is 6.74. The first-order chi connectivity index (χ1) is 13.2. The van der Waals surface area contributed by atoms with E-state index in [0.717, 1.165) is 30.3 Å². The Morgan fingerprint density at radius 2 is 2.07 bits per heavy atom. The topological polar surface area (TPSA) is 61.8 Å². The lowest BCUT2D eigenvalue weighted by Crippen LogP contribution is -2.35. The molecule has 1 atom stereocenters. The standard InChI is InChI=1S/C18H21ClF3N3O2S/c1-3-5-8-25-16(27)14(10-15(26)23-4-2)28-17(25)24-11-6-7-13(19)12(9-11)18(20,21)22/h6-7,9,14H,3-5,8,10H2,1-2H3,(H,23,26)/t14-/m1/s1. The molecule has 1 heterocycles. The summed E-state index contributed by atoms with van der Waals surface area (Å²) in [5.41, 5.74) is -0.934. The van der Waals surface area contributed by atoms with Crippen LogP contribution in [-0.4, -0.2) is 40.2 Å². The number of carbonyl (C=O) groups is 2. The molecular formula is C18H21ClF3N3O2S. The van der Waals surface area contributed by atoms with Crippen LogP contribution in [0.3, 0.4) is 0 Å². The van der Waals surface area contributed by atoms with Crippen molar-refractivity contribution in [2.45, 2.75) is 44.5 Å². The van der Waals surface area contributed by atoms with Gasteiger partial charge in [0, 0.05) is 19.5 Å². The lowest BCUT2D eigenvalue weighted by molar-refractivity contribution is -0.137. The largest absolute Gasteiger partial charge is 0.417 e. The van der Waals surface area contributed by atoms with Crippen LogP contribution in [0, 0.1) is 0 Å². The Hall–Kier alpha value is -1.74. The number of halogens is 4. The van der Waals surface area contributed by atoms with E-state index in [-0.39, 0.29) is 23.9 Å². The summed E-state index contributed by atoms with van der Waals surface area (Å²) < 4.78 is 39.2. The predicted octanol–water partition coefficient (Wildman–Crippen LogP) is 4.62. The van der Waals surface area contributed by atoms with Gasteiger partial charge >= 0.3 is 6.18 Å². The van der Waals surface area contributed by atoms with Gasteiger partial charge in [0.05, 0.1) is 16.3 Å². The maximum absolute atomic E-state index is 13.1. The van der Waals surface area contributed by atoms with Gasteiger partial charge in [0.2, 0.25) is 11.8 Å². The third-order valence-corrected chi connectivity index (χ3v) is 5.49. The van der Waals surface area contributed by atoms with Gasteiger partial charge in [0.1, 0.15) is 5.25 Å². The van der Waals surface area contributed by atoms with E-state index in [0.29, 0.717) is 24.7 Å². The summed E-state index contributed by atoms with van der Waals surface area (Å²) in [6.45, 7) is 4.59. The Labute approximate surface area is 170 Å². The highest BCUT2D eigenvalue weighted by Gasteiger charge is 2.39. The minimum absolute atomic E-state index is 0.00654. The van der Waals surface area contributed by atoms with Gasteiger partial charge in [0.25, 0.3) is 0 Å². The molecule has 5 nitrogen and oxygen atoms in total. The van der Waals surface area contributed by atoms with Gasteiger partial charge in [-0.2, -0.15) is 13.2 Å². The minimum Gasteiger partial charge on any atom is -0.356 e. The Morgan fingerprint density at radius 3 is 2.68 bits per heavy atom. The molecule has 0 aliphatic carbocycles. The molecule has 2 amide bonds. The number of amidine groups is 1. The van der Waals surface area contributed by atoms with Gasteiger partial charge in [-0.05, 0) is 31.5 Å². The van der Waals surface area contributed by atoms with Crippen molar-refractivity contribution in [3.8, 4) is 0 Å². The van der Waals surface area contributed by atoms with Crippen molar-refractivity contribution in [2.24, 2.45) is 4.99 Å². The van der Waals surface area contributed by atoms with Crippen LogP contribution >= 0.6 is 23.4 Å². The predicted molar refractivity (Wildman–Crippen MR) is 105 cm³/mol. The zero-order valence-electron chi connectivity index (χ0n) is 15.5. The smallest absolute Gasteiger partial charge is 0.356 e. The minimum atomic E-state index is -4.60. The summed E-state index contributed by atoms with van der Waals surface area (Å²) in [7, 11) is 0. The number of carbonyl (C=O) groups excluding carboxylic acids is 2. The molecule has 0 spiro atoms. The number of thioether (sulfide) groups is 1. The third-order valence-electron chi connectivity index (χ3n) is 3.98. The van der Waals surface area contributed by atoms with Crippen molar-refractivity contribution < 1.29 is 22.8 Å². The Morgan fingerprint density at radius 1 is 1.36 bits per heavy atom. The molecule has 2 rings (SSSR count). The first kappa shape index (κ1) is 22.5. The summed E-state index contributed by atoms with van der Waals surface area (Å²) in [6, 6.07) is 3.36. The summed E-state index contributed by atoms with van der Waals surface area (Å²) in [5.74, 6) is -0.510. The molecule has 1 aliphatic heterocycles. The SMILES string of the molecule is CCCCN1C(=O)[C@@H](CC(=O)NCC)SC1=Nc1ccc(Cl)c(C(F)(F)F)c1. The van der Waals surface area contributed by atoms with Crippen molar-refractivity contribution in [3.63, 3.8) is 0 Å². The number of aliphatic imine (C=N–C) groups is 1. The number of nitrogens with one attached hydrogen (secondary N) is 1. The molecule has 0 bridgehead atoms. The second kappa shape index (κ2) is 9.65. The number of amides is 2. The van der Waals surface area contributed by atoms with Gasteiger partial charge < -0.3 is 5.32 Å². The van der Waals surface area contributed by atoms with Gasteiger partial charge in [-0.15, -0.1) is 0 Å². The van der Waals surface area contributed by atoms with Gasteiger partial charge in [0.15, 0.2) is 5.17 Å². The maximum Gasteiger partial charge on any atom is 0.417 e. The molecule has 28 heavy (non-hydrogen) atoms. The van der Waals surface area contributed by atoms with Crippen LogP contribution in [0.4, 0.5) is 18.9 Å². The number of benzene rings is 1. The highest BCUT2D eigenvalue weighted by molar-refractivity contribution is 8.15. The molecule has 1 aromatic rings. The van der Waals surface area contributed by atoms with E-state index < -0.39 is 22.0 Å². The molecule has 1 N–H and O–H groups in total. The highest BCUT2D eigenvalue weighted by atomic mass is 35.5. The van der Waals surface area contributed by atoms with E-state index in [2.05, 4.69) is 10.3 Å². The maximum atomic E-state index is 13.1. The Bertz CT molecular complexity index is 771. The number of nitrogens with zero attached hydrogens (tertiary/aromatic N) is 2. The number of hydrogen-bond acceptors (Lipinski definition) is 4. The number of hydrogen-bond donors (Lipinski definition) is 1. The van der Waals surface area contributed by atoms with Gasteiger partial charge in [-0.25, -0.2) is 4.99 Å². The van der Waals surface area contributed by atoms with Crippen molar-refractivity contribution in [2.75, 3.05) is 13.1 Å². The van der Waals surface area contributed by atoms with Crippen molar-refractivity contribution in [3.05, 3.63) is 28.8 Å². The molecule has 1 saturated heterocycles.